The minimum Gasteiger partial charge on any atom is -0.380 e. The third-order valence-electron chi connectivity index (χ3n) is 4.68. The quantitative estimate of drug-likeness (QED) is 0.878. The van der Waals surface area contributed by atoms with E-state index in [1.807, 2.05) is 24.3 Å². The highest BCUT2D eigenvalue weighted by Gasteiger charge is 2.23. The first-order valence-corrected chi connectivity index (χ1v) is 9.25. The predicted octanol–water partition coefficient (Wildman–Crippen LogP) is 3.35. The van der Waals surface area contributed by atoms with Gasteiger partial charge in [-0.2, -0.15) is 0 Å². The molecule has 1 fully saturated rings. The van der Waals surface area contributed by atoms with E-state index in [-0.39, 0.29) is 17.8 Å². The van der Waals surface area contributed by atoms with Gasteiger partial charge in [0, 0.05) is 44.5 Å². The molecular formula is C21H24FN3O3. The summed E-state index contributed by atoms with van der Waals surface area (Å²) in [5.41, 5.74) is 2.20. The van der Waals surface area contributed by atoms with Crippen LogP contribution in [0.5, 0.6) is 0 Å². The standard InChI is InChI=1S/C21H24FN3O3/c1-28-15-16-3-9-19(10-4-16)23-21(27)25-12-2-11-24(13-14-25)20(26)17-5-7-18(22)8-6-17/h3-10H,2,11-15H2,1H3,(H,23,27). The van der Waals surface area contributed by atoms with Gasteiger partial charge in [0.2, 0.25) is 0 Å². The van der Waals surface area contributed by atoms with Gasteiger partial charge in [-0.1, -0.05) is 12.1 Å². The number of carbonyl (C=O) groups excluding carboxylic acids is 2. The molecule has 1 aliphatic rings. The van der Waals surface area contributed by atoms with Crippen molar-refractivity contribution in [3.05, 3.63) is 65.5 Å². The van der Waals surface area contributed by atoms with Crippen LogP contribution in [0.2, 0.25) is 0 Å². The maximum absolute atomic E-state index is 13.1. The SMILES string of the molecule is COCc1ccc(NC(=O)N2CCCN(C(=O)c3ccc(F)cc3)CC2)cc1. The van der Waals surface area contributed by atoms with Crippen molar-refractivity contribution < 1.29 is 18.7 Å². The summed E-state index contributed by atoms with van der Waals surface area (Å²) in [6, 6.07) is 12.8. The molecule has 0 atom stereocenters. The summed E-state index contributed by atoms with van der Waals surface area (Å²) in [7, 11) is 1.64. The molecule has 0 saturated carbocycles. The number of hydrogen-bond donors (Lipinski definition) is 1. The lowest BCUT2D eigenvalue weighted by atomic mass is 10.2. The summed E-state index contributed by atoms with van der Waals surface area (Å²) in [5, 5.41) is 2.89. The Morgan fingerprint density at radius 3 is 2.29 bits per heavy atom. The van der Waals surface area contributed by atoms with Crippen LogP contribution in [-0.2, 0) is 11.3 Å². The molecule has 0 unspecified atom stereocenters. The Labute approximate surface area is 163 Å². The zero-order valence-electron chi connectivity index (χ0n) is 15.9. The van der Waals surface area contributed by atoms with Crippen molar-refractivity contribution in [1.82, 2.24) is 9.80 Å². The number of ether oxygens (including phenoxy) is 1. The lowest BCUT2D eigenvalue weighted by Crippen LogP contribution is -2.39. The smallest absolute Gasteiger partial charge is 0.321 e. The largest absolute Gasteiger partial charge is 0.380 e. The van der Waals surface area contributed by atoms with Crippen LogP contribution in [-0.4, -0.2) is 55.0 Å². The summed E-state index contributed by atoms with van der Waals surface area (Å²) >= 11 is 0. The summed E-state index contributed by atoms with van der Waals surface area (Å²) in [5.74, 6) is -0.512. The molecule has 0 spiro atoms. The topological polar surface area (TPSA) is 61.9 Å². The van der Waals surface area contributed by atoms with Gasteiger partial charge >= 0.3 is 6.03 Å². The van der Waals surface area contributed by atoms with Crippen LogP contribution in [0.1, 0.15) is 22.3 Å². The van der Waals surface area contributed by atoms with Crippen molar-refractivity contribution in [3.63, 3.8) is 0 Å². The summed E-state index contributed by atoms with van der Waals surface area (Å²) in [6.45, 7) is 2.54. The summed E-state index contributed by atoms with van der Waals surface area (Å²) in [4.78, 5) is 28.6. The van der Waals surface area contributed by atoms with E-state index in [4.69, 9.17) is 4.74 Å². The number of rotatable bonds is 4. The molecular weight excluding hydrogens is 361 g/mol. The molecule has 28 heavy (non-hydrogen) atoms. The molecule has 0 aliphatic carbocycles. The van der Waals surface area contributed by atoms with E-state index >= 15 is 0 Å². The fraction of sp³-hybridized carbons (Fsp3) is 0.333. The third-order valence-corrected chi connectivity index (χ3v) is 4.68. The number of carbonyl (C=O) groups is 2. The Morgan fingerprint density at radius 2 is 1.61 bits per heavy atom. The average molecular weight is 385 g/mol. The van der Waals surface area contributed by atoms with E-state index in [1.165, 1.54) is 24.3 Å². The number of urea groups is 1. The molecule has 3 amide bonds. The fourth-order valence-corrected chi connectivity index (χ4v) is 3.15. The molecule has 1 saturated heterocycles. The number of nitrogens with zero attached hydrogens (tertiary/aromatic N) is 2. The second-order valence-electron chi connectivity index (χ2n) is 6.70. The Bertz CT molecular complexity index is 809. The first kappa shape index (κ1) is 19.8. The van der Waals surface area contributed by atoms with E-state index in [2.05, 4.69) is 5.32 Å². The molecule has 1 aliphatic heterocycles. The lowest BCUT2D eigenvalue weighted by Gasteiger charge is -2.22. The third kappa shape index (κ3) is 5.07. The number of hydrogen-bond acceptors (Lipinski definition) is 3. The first-order chi connectivity index (χ1) is 13.6. The second kappa shape index (κ2) is 9.32. The molecule has 0 aromatic heterocycles. The van der Waals surface area contributed by atoms with Crippen LogP contribution < -0.4 is 5.32 Å². The monoisotopic (exact) mass is 385 g/mol. The highest BCUT2D eigenvalue weighted by Crippen LogP contribution is 2.14. The molecule has 7 heteroatoms. The molecule has 0 bridgehead atoms. The van der Waals surface area contributed by atoms with Crippen molar-refractivity contribution in [1.29, 1.82) is 0 Å². The van der Waals surface area contributed by atoms with Gasteiger partial charge in [-0.15, -0.1) is 0 Å². The fourth-order valence-electron chi connectivity index (χ4n) is 3.15. The number of amides is 3. The Hall–Kier alpha value is -2.93. The van der Waals surface area contributed by atoms with Gasteiger partial charge in [-0.3, -0.25) is 4.79 Å². The zero-order valence-corrected chi connectivity index (χ0v) is 15.9. The molecule has 0 radical (unpaired) electrons. The molecule has 2 aromatic rings. The zero-order chi connectivity index (χ0) is 19.9. The van der Waals surface area contributed by atoms with Crippen molar-refractivity contribution >= 4 is 17.6 Å². The van der Waals surface area contributed by atoms with Crippen molar-refractivity contribution in [3.8, 4) is 0 Å². The predicted molar refractivity (Wildman–Crippen MR) is 105 cm³/mol. The molecule has 3 rings (SSSR count). The number of anilines is 1. The van der Waals surface area contributed by atoms with E-state index in [0.717, 1.165) is 5.56 Å². The summed E-state index contributed by atoms with van der Waals surface area (Å²) < 4.78 is 18.1. The minimum absolute atomic E-state index is 0.143. The number of halogens is 1. The van der Waals surface area contributed by atoms with Gasteiger partial charge in [0.15, 0.2) is 0 Å². The molecule has 1 heterocycles. The average Bonchev–Trinajstić information content (AvgIpc) is 2.96. The highest BCUT2D eigenvalue weighted by atomic mass is 19.1. The Balaban J connectivity index is 1.56. The van der Waals surface area contributed by atoms with Gasteiger partial charge < -0.3 is 19.9 Å². The molecule has 1 N–H and O–H groups in total. The van der Waals surface area contributed by atoms with Crippen LogP contribution in [0.3, 0.4) is 0 Å². The number of nitrogens with one attached hydrogen (secondary N) is 1. The Morgan fingerprint density at radius 1 is 0.964 bits per heavy atom. The van der Waals surface area contributed by atoms with Crippen molar-refractivity contribution in [2.45, 2.75) is 13.0 Å². The van der Waals surface area contributed by atoms with Crippen LogP contribution >= 0.6 is 0 Å². The molecule has 6 nitrogen and oxygen atoms in total. The summed E-state index contributed by atoms with van der Waals surface area (Å²) in [6.07, 6.45) is 0.688. The van der Waals surface area contributed by atoms with Gasteiger partial charge in [-0.25, -0.2) is 9.18 Å². The second-order valence-corrected chi connectivity index (χ2v) is 6.70. The van der Waals surface area contributed by atoms with Crippen LogP contribution in [0.4, 0.5) is 14.9 Å². The van der Waals surface area contributed by atoms with Crippen LogP contribution in [0.15, 0.2) is 48.5 Å². The maximum Gasteiger partial charge on any atom is 0.321 e. The lowest BCUT2D eigenvalue weighted by molar-refractivity contribution is 0.0762. The normalized spacial score (nSPS) is 14.5. The van der Waals surface area contributed by atoms with Gasteiger partial charge in [-0.05, 0) is 48.4 Å². The number of methoxy groups -OCH3 is 1. The first-order valence-electron chi connectivity index (χ1n) is 9.25. The minimum atomic E-state index is -0.370. The van der Waals surface area contributed by atoms with Crippen molar-refractivity contribution in [2.75, 3.05) is 38.6 Å². The number of benzene rings is 2. The van der Waals surface area contributed by atoms with E-state index in [9.17, 15) is 14.0 Å². The Kier molecular flexibility index (Phi) is 6.60. The maximum atomic E-state index is 13.1. The van der Waals surface area contributed by atoms with Gasteiger partial charge in [0.25, 0.3) is 5.91 Å². The van der Waals surface area contributed by atoms with Gasteiger partial charge in [0.1, 0.15) is 5.82 Å². The van der Waals surface area contributed by atoms with E-state index in [0.29, 0.717) is 50.5 Å². The van der Waals surface area contributed by atoms with Crippen molar-refractivity contribution in [2.24, 2.45) is 0 Å². The van der Waals surface area contributed by atoms with Crippen LogP contribution in [0.25, 0.3) is 0 Å². The van der Waals surface area contributed by atoms with Crippen LogP contribution in [0, 0.1) is 5.82 Å². The van der Waals surface area contributed by atoms with E-state index < -0.39 is 0 Å². The highest BCUT2D eigenvalue weighted by molar-refractivity contribution is 5.94. The molecule has 148 valence electrons. The van der Waals surface area contributed by atoms with E-state index in [1.54, 1.807) is 16.9 Å². The van der Waals surface area contributed by atoms with Gasteiger partial charge in [0.05, 0.1) is 6.61 Å². The molecule has 2 aromatic carbocycles.